The minimum atomic E-state index is -0.198. The molecular weight excluding hydrogens is 264 g/mol. The van der Waals surface area contributed by atoms with Crippen molar-refractivity contribution in [1.82, 2.24) is 5.32 Å². The van der Waals surface area contributed by atoms with Crippen LogP contribution < -0.4 is 15.8 Å². The Kier molecular flexibility index (Phi) is 3.92. The fourth-order valence-corrected chi connectivity index (χ4v) is 1.75. The van der Waals surface area contributed by atoms with E-state index in [9.17, 15) is 4.79 Å². The maximum atomic E-state index is 11.5. The summed E-state index contributed by atoms with van der Waals surface area (Å²) >= 11 is 6.00. The van der Waals surface area contributed by atoms with E-state index in [-0.39, 0.29) is 5.91 Å². The largest absolute Gasteiger partial charge is 0.454 e. The lowest BCUT2D eigenvalue weighted by Crippen LogP contribution is -2.17. The summed E-state index contributed by atoms with van der Waals surface area (Å²) < 4.78 is 5.62. The van der Waals surface area contributed by atoms with Crippen LogP contribution in [0.15, 0.2) is 42.5 Å². The van der Waals surface area contributed by atoms with Crippen LogP contribution in [0.4, 0.5) is 5.69 Å². The molecule has 98 valence electrons. The Balaban J connectivity index is 2.27. The number of benzene rings is 2. The number of carbonyl (C=O) groups is 1. The number of halogens is 1. The summed E-state index contributed by atoms with van der Waals surface area (Å²) in [5.41, 5.74) is 6.72. The zero-order chi connectivity index (χ0) is 13.8. The molecule has 2 rings (SSSR count). The highest BCUT2D eigenvalue weighted by molar-refractivity contribution is 6.32. The summed E-state index contributed by atoms with van der Waals surface area (Å²) in [6, 6.07) is 11.9. The second kappa shape index (κ2) is 5.63. The van der Waals surface area contributed by atoms with Gasteiger partial charge < -0.3 is 15.8 Å². The van der Waals surface area contributed by atoms with Gasteiger partial charge in [0.25, 0.3) is 5.91 Å². The molecule has 0 atom stereocenters. The van der Waals surface area contributed by atoms with Crippen molar-refractivity contribution in [2.75, 3.05) is 12.8 Å². The molecule has 0 fully saturated rings. The zero-order valence-corrected chi connectivity index (χ0v) is 11.1. The number of hydrogen-bond acceptors (Lipinski definition) is 3. The molecule has 0 unspecified atom stereocenters. The van der Waals surface area contributed by atoms with Gasteiger partial charge in [0.15, 0.2) is 0 Å². The number of carbonyl (C=O) groups excluding carboxylic acids is 1. The molecule has 0 saturated carbocycles. The second-order valence-corrected chi connectivity index (χ2v) is 4.27. The van der Waals surface area contributed by atoms with Gasteiger partial charge in [-0.3, -0.25) is 4.79 Å². The third-order valence-corrected chi connectivity index (χ3v) is 2.87. The first-order valence-electron chi connectivity index (χ1n) is 5.66. The summed E-state index contributed by atoms with van der Waals surface area (Å²) in [4.78, 5) is 11.5. The summed E-state index contributed by atoms with van der Waals surface area (Å²) in [6.07, 6.45) is 0. The van der Waals surface area contributed by atoms with E-state index in [1.54, 1.807) is 37.4 Å². The van der Waals surface area contributed by atoms with E-state index in [4.69, 9.17) is 22.1 Å². The summed E-state index contributed by atoms with van der Waals surface area (Å²) in [6.45, 7) is 0. The van der Waals surface area contributed by atoms with Crippen molar-refractivity contribution in [3.05, 3.63) is 53.1 Å². The zero-order valence-electron chi connectivity index (χ0n) is 10.3. The topological polar surface area (TPSA) is 64.3 Å². The molecule has 2 aromatic rings. The van der Waals surface area contributed by atoms with Gasteiger partial charge in [-0.25, -0.2) is 0 Å². The van der Waals surface area contributed by atoms with Crippen molar-refractivity contribution in [1.29, 1.82) is 0 Å². The molecule has 3 N–H and O–H groups in total. The number of rotatable bonds is 3. The smallest absolute Gasteiger partial charge is 0.251 e. The maximum absolute atomic E-state index is 11.5. The fraction of sp³-hybridized carbons (Fsp3) is 0.0714. The highest BCUT2D eigenvalue weighted by Crippen LogP contribution is 2.32. The standard InChI is InChI=1S/C14H13ClN2O2/c1-17-14(18)9-6-7-13(11(16)8-9)19-12-5-3-2-4-10(12)15/h2-8H,16H2,1H3,(H,17,18). The third-order valence-electron chi connectivity index (χ3n) is 2.56. The molecule has 0 spiro atoms. The molecule has 0 saturated heterocycles. The van der Waals surface area contributed by atoms with E-state index < -0.39 is 0 Å². The van der Waals surface area contributed by atoms with Gasteiger partial charge in [-0.15, -0.1) is 0 Å². The lowest BCUT2D eigenvalue weighted by molar-refractivity contribution is 0.0963. The first-order chi connectivity index (χ1) is 9.11. The number of ether oxygens (including phenoxy) is 1. The van der Waals surface area contributed by atoms with Crippen molar-refractivity contribution in [3.63, 3.8) is 0 Å². The molecule has 2 aromatic carbocycles. The molecule has 0 aliphatic rings. The van der Waals surface area contributed by atoms with Gasteiger partial charge in [0.05, 0.1) is 10.7 Å². The first kappa shape index (κ1) is 13.2. The van der Waals surface area contributed by atoms with E-state index in [2.05, 4.69) is 5.32 Å². The predicted molar refractivity (Wildman–Crippen MR) is 75.8 cm³/mol. The highest BCUT2D eigenvalue weighted by Gasteiger charge is 2.09. The Labute approximate surface area is 116 Å². The average molecular weight is 277 g/mol. The molecule has 0 heterocycles. The number of nitrogens with one attached hydrogen (secondary N) is 1. The van der Waals surface area contributed by atoms with Gasteiger partial charge in [0, 0.05) is 12.6 Å². The van der Waals surface area contributed by atoms with E-state index >= 15 is 0 Å². The Hall–Kier alpha value is -2.20. The molecule has 0 radical (unpaired) electrons. The summed E-state index contributed by atoms with van der Waals surface area (Å²) in [5.74, 6) is 0.778. The third kappa shape index (κ3) is 2.98. The van der Waals surface area contributed by atoms with Gasteiger partial charge >= 0.3 is 0 Å². The maximum Gasteiger partial charge on any atom is 0.251 e. The average Bonchev–Trinajstić information content (AvgIpc) is 2.42. The Bertz CT molecular complexity index is 614. The van der Waals surface area contributed by atoms with Crippen LogP contribution in [0.5, 0.6) is 11.5 Å². The van der Waals surface area contributed by atoms with E-state index in [1.807, 2.05) is 12.1 Å². The SMILES string of the molecule is CNC(=O)c1ccc(Oc2ccccc2Cl)c(N)c1. The molecular formula is C14H13ClN2O2. The number of para-hydroxylation sites is 1. The molecule has 0 aliphatic heterocycles. The molecule has 4 nitrogen and oxygen atoms in total. The van der Waals surface area contributed by atoms with E-state index in [1.165, 1.54) is 0 Å². The van der Waals surface area contributed by atoms with Crippen LogP contribution in [0, 0.1) is 0 Å². The Morgan fingerprint density at radius 3 is 2.58 bits per heavy atom. The van der Waals surface area contributed by atoms with Gasteiger partial charge in [-0.2, -0.15) is 0 Å². The number of nitrogen functional groups attached to an aromatic ring is 1. The van der Waals surface area contributed by atoms with Crippen molar-refractivity contribution >= 4 is 23.2 Å². The normalized spacial score (nSPS) is 10.0. The second-order valence-electron chi connectivity index (χ2n) is 3.86. The van der Waals surface area contributed by atoms with E-state index in [0.717, 1.165) is 0 Å². The van der Waals surface area contributed by atoms with Crippen molar-refractivity contribution in [3.8, 4) is 11.5 Å². The molecule has 19 heavy (non-hydrogen) atoms. The first-order valence-corrected chi connectivity index (χ1v) is 6.03. The van der Waals surface area contributed by atoms with Crippen molar-refractivity contribution in [2.45, 2.75) is 0 Å². The van der Waals surface area contributed by atoms with Crippen molar-refractivity contribution in [2.24, 2.45) is 0 Å². The van der Waals surface area contributed by atoms with Gasteiger partial charge in [-0.1, -0.05) is 23.7 Å². The number of anilines is 1. The van der Waals surface area contributed by atoms with Crippen LogP contribution >= 0.6 is 11.6 Å². The van der Waals surface area contributed by atoms with Gasteiger partial charge in [-0.05, 0) is 30.3 Å². The van der Waals surface area contributed by atoms with Crippen LogP contribution in [0.2, 0.25) is 5.02 Å². The quantitative estimate of drug-likeness (QED) is 0.847. The Morgan fingerprint density at radius 2 is 1.95 bits per heavy atom. The highest BCUT2D eigenvalue weighted by atomic mass is 35.5. The Morgan fingerprint density at radius 1 is 1.21 bits per heavy atom. The van der Waals surface area contributed by atoms with Crippen molar-refractivity contribution < 1.29 is 9.53 Å². The van der Waals surface area contributed by atoms with E-state index in [0.29, 0.717) is 27.8 Å². The number of hydrogen-bond donors (Lipinski definition) is 2. The summed E-state index contributed by atoms with van der Waals surface area (Å²) in [5, 5.41) is 3.03. The molecule has 0 aliphatic carbocycles. The minimum Gasteiger partial charge on any atom is -0.454 e. The number of amides is 1. The van der Waals surface area contributed by atoms with Crippen LogP contribution in [0.1, 0.15) is 10.4 Å². The van der Waals surface area contributed by atoms with Gasteiger partial charge in [0.2, 0.25) is 0 Å². The lowest BCUT2D eigenvalue weighted by atomic mass is 10.2. The molecule has 5 heteroatoms. The van der Waals surface area contributed by atoms with Crippen LogP contribution in [-0.2, 0) is 0 Å². The van der Waals surface area contributed by atoms with Crippen LogP contribution in [-0.4, -0.2) is 13.0 Å². The van der Waals surface area contributed by atoms with Crippen LogP contribution in [0.3, 0.4) is 0 Å². The van der Waals surface area contributed by atoms with Gasteiger partial charge in [0.1, 0.15) is 11.5 Å². The molecule has 0 aromatic heterocycles. The predicted octanol–water partition coefficient (Wildman–Crippen LogP) is 3.07. The molecule has 1 amide bonds. The minimum absolute atomic E-state index is 0.198. The number of nitrogens with two attached hydrogens (primary N) is 1. The fourth-order valence-electron chi connectivity index (χ4n) is 1.57. The van der Waals surface area contributed by atoms with Crippen LogP contribution in [0.25, 0.3) is 0 Å². The molecule has 0 bridgehead atoms. The monoisotopic (exact) mass is 276 g/mol. The lowest BCUT2D eigenvalue weighted by Gasteiger charge is -2.10. The summed E-state index contributed by atoms with van der Waals surface area (Å²) in [7, 11) is 1.56.